The summed E-state index contributed by atoms with van der Waals surface area (Å²) in [5, 5.41) is 0. The van der Waals surface area contributed by atoms with Crippen molar-refractivity contribution in [1.82, 2.24) is 0 Å². The molecule has 0 aliphatic rings. The van der Waals surface area contributed by atoms with Crippen molar-refractivity contribution < 1.29 is 37.0 Å². The normalized spacial score (nSPS) is 7.20. The van der Waals surface area contributed by atoms with Crippen molar-refractivity contribution in [2.45, 2.75) is 9.79 Å². The monoisotopic (exact) mass is 270 g/mol. The molecule has 10 heavy (non-hydrogen) atoms. The molecule has 0 radical (unpaired) electrons. The molecule has 0 aromatic heterocycles. The SMILES string of the molecule is [Cu+].[Cu+].[HH].[HH].[S-]c1ccccc1[S-]. The maximum absolute atomic E-state index is 4.85. The van der Waals surface area contributed by atoms with Crippen LogP contribution in [0.4, 0.5) is 0 Å². The zero-order chi connectivity index (χ0) is 5.98. The molecular weight excluding hydrogens is 263 g/mol. The van der Waals surface area contributed by atoms with Gasteiger partial charge < -0.3 is 25.3 Å². The summed E-state index contributed by atoms with van der Waals surface area (Å²) >= 11 is 9.70. The third-order valence-corrected chi connectivity index (χ3v) is 1.69. The van der Waals surface area contributed by atoms with Crippen LogP contribution in [0.3, 0.4) is 0 Å². The van der Waals surface area contributed by atoms with Gasteiger partial charge in [0.25, 0.3) is 0 Å². The number of benzene rings is 1. The summed E-state index contributed by atoms with van der Waals surface area (Å²) in [5.41, 5.74) is 0. The summed E-state index contributed by atoms with van der Waals surface area (Å²) in [6.07, 6.45) is 0. The van der Waals surface area contributed by atoms with Gasteiger partial charge in [0, 0.05) is 2.85 Å². The van der Waals surface area contributed by atoms with Crippen molar-refractivity contribution in [1.29, 1.82) is 0 Å². The van der Waals surface area contributed by atoms with E-state index in [4.69, 9.17) is 25.3 Å². The predicted molar refractivity (Wildman–Crippen MR) is 41.9 cm³/mol. The molecule has 0 bridgehead atoms. The summed E-state index contributed by atoms with van der Waals surface area (Å²) in [7, 11) is 0. The number of hydrogen-bond acceptors (Lipinski definition) is 2. The van der Waals surface area contributed by atoms with E-state index in [2.05, 4.69) is 0 Å². The van der Waals surface area contributed by atoms with Crippen LogP contribution in [0.5, 0.6) is 0 Å². The van der Waals surface area contributed by atoms with Crippen LogP contribution in [0.1, 0.15) is 2.85 Å². The molecule has 0 aliphatic heterocycles. The molecule has 0 atom stereocenters. The molecule has 0 saturated heterocycles. The predicted octanol–water partition coefficient (Wildman–Crippen LogP) is 1.99. The van der Waals surface area contributed by atoms with Crippen molar-refractivity contribution in [3.05, 3.63) is 24.3 Å². The molecule has 1 aromatic rings. The first-order valence-electron chi connectivity index (χ1n) is 2.24. The first-order valence-corrected chi connectivity index (χ1v) is 3.05. The Bertz CT molecular complexity index is 178. The van der Waals surface area contributed by atoms with Crippen LogP contribution >= 0.6 is 0 Å². The van der Waals surface area contributed by atoms with E-state index in [0.29, 0.717) is 0 Å². The first-order chi connectivity index (χ1) is 3.80. The fraction of sp³-hybridized carbons (Fsp3) is 0. The molecule has 1 aromatic carbocycles. The Morgan fingerprint density at radius 3 is 1.40 bits per heavy atom. The van der Waals surface area contributed by atoms with Gasteiger partial charge in [0.05, 0.1) is 0 Å². The van der Waals surface area contributed by atoms with Gasteiger partial charge in [-0.15, -0.1) is 0 Å². The molecule has 0 N–H and O–H groups in total. The Hall–Kier alpha value is 0.699. The van der Waals surface area contributed by atoms with Crippen LogP contribution in [-0.4, -0.2) is 0 Å². The van der Waals surface area contributed by atoms with Crippen molar-refractivity contribution >= 4 is 25.3 Å². The van der Waals surface area contributed by atoms with Crippen LogP contribution in [-0.2, 0) is 59.4 Å². The van der Waals surface area contributed by atoms with E-state index >= 15 is 0 Å². The van der Waals surface area contributed by atoms with Gasteiger partial charge in [-0.25, -0.2) is 0 Å². The van der Waals surface area contributed by atoms with Gasteiger partial charge >= 0.3 is 34.1 Å². The minimum atomic E-state index is 0. The van der Waals surface area contributed by atoms with Crippen LogP contribution < -0.4 is 0 Å². The van der Waals surface area contributed by atoms with Gasteiger partial charge in [-0.1, -0.05) is 24.3 Å². The van der Waals surface area contributed by atoms with Crippen molar-refractivity contribution in [3.8, 4) is 0 Å². The molecule has 4 heteroatoms. The van der Waals surface area contributed by atoms with E-state index in [1.54, 1.807) is 0 Å². The molecule has 0 amide bonds. The number of rotatable bonds is 0. The first kappa shape index (κ1) is 13.3. The molecule has 0 fully saturated rings. The summed E-state index contributed by atoms with van der Waals surface area (Å²) in [4.78, 5) is 1.53. The topological polar surface area (TPSA) is 0 Å². The third-order valence-electron chi connectivity index (χ3n) is 0.849. The van der Waals surface area contributed by atoms with Crippen molar-refractivity contribution in [3.63, 3.8) is 0 Å². The summed E-state index contributed by atoms with van der Waals surface area (Å²) < 4.78 is 0. The van der Waals surface area contributed by atoms with Gasteiger partial charge in [-0.05, 0) is 0 Å². The maximum Gasteiger partial charge on any atom is 1.00 e. The van der Waals surface area contributed by atoms with E-state index < -0.39 is 0 Å². The van der Waals surface area contributed by atoms with E-state index in [0.717, 1.165) is 9.79 Å². The maximum atomic E-state index is 4.85. The van der Waals surface area contributed by atoms with Gasteiger partial charge in [0.15, 0.2) is 0 Å². The molecule has 66 valence electrons. The van der Waals surface area contributed by atoms with Crippen LogP contribution in [0, 0.1) is 0 Å². The average molecular weight is 271 g/mol. The van der Waals surface area contributed by atoms with E-state index in [-0.39, 0.29) is 37.0 Å². The van der Waals surface area contributed by atoms with Crippen LogP contribution in [0.15, 0.2) is 34.1 Å². The molecule has 0 unspecified atom stereocenters. The van der Waals surface area contributed by atoms with E-state index in [1.807, 2.05) is 24.3 Å². The average Bonchev–Trinajstić information content (AvgIpc) is 1.77. The molecule has 0 aliphatic carbocycles. The third kappa shape index (κ3) is 3.77. The van der Waals surface area contributed by atoms with E-state index in [1.165, 1.54) is 0 Å². The second kappa shape index (κ2) is 6.41. The van der Waals surface area contributed by atoms with Crippen molar-refractivity contribution in [2.75, 3.05) is 0 Å². The summed E-state index contributed by atoms with van der Waals surface area (Å²) in [6, 6.07) is 7.44. The standard InChI is InChI=1S/C6H6S2.2Cu.2H2/c7-5-3-1-2-4-6(5)8;;;;/h1-4,7-8H;;;2*1H/q;2*+1;;/p-2. The zero-order valence-corrected chi connectivity index (χ0v) is 8.25. The second-order valence-corrected chi connectivity index (χ2v) is 2.33. The van der Waals surface area contributed by atoms with E-state index in [9.17, 15) is 0 Å². The summed E-state index contributed by atoms with van der Waals surface area (Å²) in [6.45, 7) is 0. The van der Waals surface area contributed by atoms with Crippen LogP contribution in [0.25, 0.3) is 0 Å². The number of hydrogen-bond donors (Lipinski definition) is 0. The molecular formula is C6H8Cu2S2. The fourth-order valence-corrected chi connectivity index (χ4v) is 0.743. The molecule has 1 rings (SSSR count). The minimum absolute atomic E-state index is 0. The second-order valence-electron chi connectivity index (χ2n) is 1.45. The zero-order valence-electron chi connectivity index (χ0n) is 4.73. The van der Waals surface area contributed by atoms with Gasteiger partial charge in [-0.3, -0.25) is 0 Å². The Morgan fingerprint density at radius 2 is 1.20 bits per heavy atom. The van der Waals surface area contributed by atoms with Gasteiger partial charge in [-0.2, -0.15) is 9.79 Å². The van der Waals surface area contributed by atoms with Gasteiger partial charge in [0.2, 0.25) is 0 Å². The molecule has 0 heterocycles. The quantitative estimate of drug-likeness (QED) is 0.523. The van der Waals surface area contributed by atoms with Crippen molar-refractivity contribution in [2.24, 2.45) is 0 Å². The molecule has 0 saturated carbocycles. The Labute approximate surface area is 95.9 Å². The Balaban J connectivity index is -0.0000000800. The smallest absolute Gasteiger partial charge is 0.781 e. The minimum Gasteiger partial charge on any atom is -0.781 e. The van der Waals surface area contributed by atoms with Crippen LogP contribution in [0.2, 0.25) is 0 Å². The Kier molecular flexibility index (Phi) is 8.53. The summed E-state index contributed by atoms with van der Waals surface area (Å²) in [5.74, 6) is 0. The largest absolute Gasteiger partial charge is 1.00 e. The molecule has 0 spiro atoms. The molecule has 0 nitrogen and oxygen atoms in total. The fourth-order valence-electron chi connectivity index (χ4n) is 0.450. The Morgan fingerprint density at radius 1 is 0.900 bits per heavy atom. The van der Waals surface area contributed by atoms with Gasteiger partial charge in [0.1, 0.15) is 0 Å².